The Morgan fingerprint density at radius 1 is 1.50 bits per heavy atom. The third-order valence-electron chi connectivity index (χ3n) is 3.47. The molecular formula is C16H18N4O3S. The summed E-state index contributed by atoms with van der Waals surface area (Å²) < 4.78 is 10.6. The van der Waals surface area contributed by atoms with Crippen LogP contribution in [0.15, 0.2) is 22.2 Å². The van der Waals surface area contributed by atoms with Crippen LogP contribution in [0.1, 0.15) is 36.3 Å². The quantitative estimate of drug-likeness (QED) is 0.737. The van der Waals surface area contributed by atoms with Crippen molar-refractivity contribution >= 4 is 34.0 Å². The smallest absolute Gasteiger partial charge is 0.258 e. The summed E-state index contributed by atoms with van der Waals surface area (Å²) >= 11 is 1.50. The van der Waals surface area contributed by atoms with Crippen LogP contribution in [0.4, 0.5) is 5.69 Å². The van der Waals surface area contributed by atoms with Crippen LogP contribution in [0.3, 0.4) is 0 Å². The molecule has 24 heavy (non-hydrogen) atoms. The average Bonchev–Trinajstić information content (AvgIpc) is 3.15. The Kier molecular flexibility index (Phi) is 4.86. The fourth-order valence-corrected chi connectivity index (χ4v) is 3.12. The van der Waals surface area contributed by atoms with Crippen molar-refractivity contribution in [3.8, 4) is 0 Å². The highest BCUT2D eigenvalue weighted by Crippen LogP contribution is 2.22. The van der Waals surface area contributed by atoms with Gasteiger partial charge in [-0.05, 0) is 26.8 Å². The minimum Gasteiger partial charge on any atom is -0.372 e. The van der Waals surface area contributed by atoms with Gasteiger partial charge in [0.05, 0.1) is 35.1 Å². The summed E-state index contributed by atoms with van der Waals surface area (Å²) in [4.78, 5) is 20.8. The fourth-order valence-electron chi connectivity index (χ4n) is 2.29. The van der Waals surface area contributed by atoms with Gasteiger partial charge in [-0.25, -0.2) is 9.97 Å². The van der Waals surface area contributed by atoms with Crippen molar-refractivity contribution in [3.05, 3.63) is 34.0 Å². The first kappa shape index (κ1) is 16.5. The minimum absolute atomic E-state index is 0.0556. The Hall–Kier alpha value is -2.32. The van der Waals surface area contributed by atoms with Gasteiger partial charge in [0.15, 0.2) is 0 Å². The van der Waals surface area contributed by atoms with Crippen LogP contribution in [0, 0.1) is 6.92 Å². The Morgan fingerprint density at radius 2 is 2.33 bits per heavy atom. The number of carbonyl (C=O) groups excluding carboxylic acids is 1. The van der Waals surface area contributed by atoms with Crippen LogP contribution in [-0.2, 0) is 16.0 Å². The summed E-state index contributed by atoms with van der Waals surface area (Å²) in [5.74, 6) is -0.147. The number of pyridine rings is 1. The summed E-state index contributed by atoms with van der Waals surface area (Å²) in [5, 5.41) is 10.2. The Bertz CT molecular complexity index is 858. The van der Waals surface area contributed by atoms with E-state index in [-0.39, 0.29) is 18.4 Å². The van der Waals surface area contributed by atoms with Gasteiger partial charge in [0.2, 0.25) is 5.91 Å². The number of rotatable bonds is 6. The highest BCUT2D eigenvalue weighted by molar-refractivity contribution is 7.09. The maximum Gasteiger partial charge on any atom is 0.258 e. The van der Waals surface area contributed by atoms with Gasteiger partial charge in [-0.3, -0.25) is 4.79 Å². The number of nitrogens with zero attached hydrogens (tertiary/aromatic N) is 3. The average molecular weight is 346 g/mol. The summed E-state index contributed by atoms with van der Waals surface area (Å²) in [7, 11) is 0. The monoisotopic (exact) mass is 346 g/mol. The van der Waals surface area contributed by atoms with Crippen molar-refractivity contribution in [2.24, 2.45) is 0 Å². The third-order valence-corrected chi connectivity index (χ3v) is 4.52. The van der Waals surface area contributed by atoms with Crippen molar-refractivity contribution < 1.29 is 14.1 Å². The molecule has 0 aliphatic carbocycles. The van der Waals surface area contributed by atoms with Gasteiger partial charge in [0, 0.05) is 12.0 Å². The number of anilines is 1. The molecule has 0 spiro atoms. The van der Waals surface area contributed by atoms with Crippen LogP contribution in [0.5, 0.6) is 0 Å². The predicted octanol–water partition coefficient (Wildman–Crippen LogP) is 3.27. The predicted molar refractivity (Wildman–Crippen MR) is 91.0 cm³/mol. The maximum atomic E-state index is 12.2. The second-order valence-corrected chi connectivity index (χ2v) is 6.23. The molecule has 0 aliphatic rings. The molecule has 0 saturated carbocycles. The molecule has 1 amide bonds. The lowest BCUT2D eigenvalue weighted by Crippen LogP contribution is -2.15. The molecule has 0 saturated heterocycles. The van der Waals surface area contributed by atoms with E-state index in [1.165, 1.54) is 11.3 Å². The molecule has 1 N–H and O–H groups in total. The third kappa shape index (κ3) is 3.60. The molecular weight excluding hydrogens is 328 g/mol. The second kappa shape index (κ2) is 7.06. The van der Waals surface area contributed by atoms with E-state index in [1.54, 1.807) is 12.3 Å². The lowest BCUT2D eigenvalue weighted by Gasteiger charge is -2.07. The first-order valence-corrected chi connectivity index (χ1v) is 8.52. The first-order chi connectivity index (χ1) is 11.6. The summed E-state index contributed by atoms with van der Waals surface area (Å²) in [6, 6.07) is 1.80. The van der Waals surface area contributed by atoms with Crippen LogP contribution in [0.2, 0.25) is 0 Å². The standard InChI is InChI=1S/C16H18N4O3S/c1-4-22-10(3)16-19-12(8-24-16)6-14(21)18-11-5-13-9(2)20-23-15(13)17-7-11/h5,7-8,10H,4,6H2,1-3H3,(H,18,21)/t10-/m0/s1. The van der Waals surface area contributed by atoms with Gasteiger partial charge in [0.1, 0.15) is 11.1 Å². The van der Waals surface area contributed by atoms with E-state index in [0.29, 0.717) is 18.0 Å². The zero-order valence-electron chi connectivity index (χ0n) is 13.7. The molecule has 0 aliphatic heterocycles. The van der Waals surface area contributed by atoms with Crippen molar-refractivity contribution in [3.63, 3.8) is 0 Å². The van der Waals surface area contributed by atoms with Crippen LogP contribution in [0.25, 0.3) is 11.1 Å². The van der Waals surface area contributed by atoms with Crippen molar-refractivity contribution in [1.82, 2.24) is 15.1 Å². The molecule has 3 aromatic rings. The molecule has 7 nitrogen and oxygen atoms in total. The summed E-state index contributed by atoms with van der Waals surface area (Å²) in [6.45, 7) is 6.36. The Balaban J connectivity index is 1.65. The molecule has 0 radical (unpaired) electrons. The van der Waals surface area contributed by atoms with Gasteiger partial charge in [-0.1, -0.05) is 5.16 Å². The van der Waals surface area contributed by atoms with Gasteiger partial charge in [0.25, 0.3) is 5.71 Å². The molecule has 8 heteroatoms. The van der Waals surface area contributed by atoms with Crippen molar-refractivity contribution in [2.75, 3.05) is 11.9 Å². The lowest BCUT2D eigenvalue weighted by atomic mass is 10.2. The van der Waals surface area contributed by atoms with E-state index >= 15 is 0 Å². The molecule has 0 fully saturated rings. The van der Waals surface area contributed by atoms with E-state index < -0.39 is 0 Å². The zero-order chi connectivity index (χ0) is 17.1. The molecule has 3 aromatic heterocycles. The number of thiazole rings is 1. The number of aryl methyl sites for hydroxylation is 1. The highest BCUT2D eigenvalue weighted by atomic mass is 32.1. The summed E-state index contributed by atoms with van der Waals surface area (Å²) in [5.41, 5.74) is 2.54. The highest BCUT2D eigenvalue weighted by Gasteiger charge is 2.13. The maximum absolute atomic E-state index is 12.2. The van der Waals surface area contributed by atoms with Gasteiger partial charge in [-0.2, -0.15) is 0 Å². The molecule has 3 rings (SSSR count). The number of ether oxygens (including phenoxy) is 1. The first-order valence-electron chi connectivity index (χ1n) is 7.64. The van der Waals surface area contributed by atoms with E-state index in [4.69, 9.17) is 9.26 Å². The number of aromatic nitrogens is 3. The van der Waals surface area contributed by atoms with Gasteiger partial charge >= 0.3 is 0 Å². The number of amides is 1. The molecule has 3 heterocycles. The molecule has 0 bridgehead atoms. The number of hydrogen-bond acceptors (Lipinski definition) is 7. The largest absolute Gasteiger partial charge is 0.372 e. The number of fused-ring (bicyclic) bond motifs is 1. The SMILES string of the molecule is CCO[C@@H](C)c1nc(CC(=O)Nc2cnc3onc(C)c3c2)cs1. The lowest BCUT2D eigenvalue weighted by molar-refractivity contribution is -0.115. The topological polar surface area (TPSA) is 90.1 Å². The Morgan fingerprint density at radius 3 is 3.12 bits per heavy atom. The van der Waals surface area contributed by atoms with Gasteiger partial charge in [-0.15, -0.1) is 11.3 Å². The van der Waals surface area contributed by atoms with Gasteiger partial charge < -0.3 is 14.6 Å². The molecule has 0 aromatic carbocycles. The summed E-state index contributed by atoms with van der Waals surface area (Å²) in [6.07, 6.45) is 1.70. The zero-order valence-corrected chi connectivity index (χ0v) is 14.5. The minimum atomic E-state index is -0.147. The number of hydrogen-bond donors (Lipinski definition) is 1. The van der Waals surface area contributed by atoms with Crippen molar-refractivity contribution in [1.29, 1.82) is 0 Å². The number of carbonyl (C=O) groups is 1. The Labute approximate surface area is 143 Å². The van der Waals surface area contributed by atoms with Crippen LogP contribution >= 0.6 is 11.3 Å². The molecule has 126 valence electrons. The fraction of sp³-hybridized carbons (Fsp3) is 0.375. The van der Waals surface area contributed by atoms with Crippen molar-refractivity contribution in [2.45, 2.75) is 33.3 Å². The van der Waals surface area contributed by atoms with E-state index in [1.807, 2.05) is 26.2 Å². The van der Waals surface area contributed by atoms with Crippen LogP contribution in [-0.4, -0.2) is 27.6 Å². The normalized spacial score (nSPS) is 12.5. The van der Waals surface area contributed by atoms with E-state index in [2.05, 4.69) is 20.4 Å². The molecule has 0 unspecified atom stereocenters. The van der Waals surface area contributed by atoms with E-state index in [0.717, 1.165) is 21.8 Å². The molecule has 1 atom stereocenters. The van der Waals surface area contributed by atoms with Crippen LogP contribution < -0.4 is 5.32 Å². The second-order valence-electron chi connectivity index (χ2n) is 5.34. The van der Waals surface area contributed by atoms with E-state index in [9.17, 15) is 4.79 Å². The number of nitrogens with one attached hydrogen (secondary N) is 1.